The molecule has 1 saturated carbocycles. The summed E-state index contributed by atoms with van der Waals surface area (Å²) >= 11 is 0. The van der Waals surface area contributed by atoms with Gasteiger partial charge in [-0.3, -0.25) is 0 Å². The number of nitrogens with one attached hydrogen (secondary N) is 1. The van der Waals surface area contributed by atoms with Crippen molar-refractivity contribution >= 4 is 10.2 Å². The number of hydrogen-bond acceptors (Lipinski definition) is 2. The van der Waals surface area contributed by atoms with Gasteiger partial charge in [0.15, 0.2) is 0 Å². The second-order valence-electron chi connectivity index (χ2n) is 6.19. The van der Waals surface area contributed by atoms with Crippen LogP contribution in [-0.2, 0) is 10.2 Å². The highest BCUT2D eigenvalue weighted by Crippen LogP contribution is 2.37. The molecule has 100 valence electrons. The van der Waals surface area contributed by atoms with E-state index in [0.717, 1.165) is 38.5 Å². The first-order chi connectivity index (χ1) is 7.89. The molecule has 1 aliphatic heterocycles. The van der Waals surface area contributed by atoms with E-state index in [0.29, 0.717) is 13.1 Å². The fourth-order valence-corrected chi connectivity index (χ4v) is 4.44. The lowest BCUT2D eigenvalue weighted by Crippen LogP contribution is -2.46. The molecule has 0 amide bonds. The predicted molar refractivity (Wildman–Crippen MR) is 68.9 cm³/mol. The standard InChI is InChI=1S/C12H24N2O2S/c1-12(2)7-6-11(10-12)13-17(15,16)14-8-4-3-5-9-14/h11,13H,3-10H2,1-2H3. The Morgan fingerprint density at radius 2 is 1.82 bits per heavy atom. The molecule has 0 aromatic rings. The van der Waals surface area contributed by atoms with Crippen molar-refractivity contribution in [2.24, 2.45) is 5.41 Å². The summed E-state index contributed by atoms with van der Waals surface area (Å²) in [6.45, 7) is 5.79. The highest BCUT2D eigenvalue weighted by molar-refractivity contribution is 7.87. The van der Waals surface area contributed by atoms with Gasteiger partial charge in [0.05, 0.1) is 0 Å². The number of piperidine rings is 1. The molecule has 0 radical (unpaired) electrons. The Morgan fingerprint density at radius 1 is 1.18 bits per heavy atom. The van der Waals surface area contributed by atoms with E-state index < -0.39 is 10.2 Å². The second-order valence-corrected chi connectivity index (χ2v) is 7.89. The van der Waals surface area contributed by atoms with Crippen LogP contribution in [0.5, 0.6) is 0 Å². The SMILES string of the molecule is CC1(C)CCC(NS(=O)(=O)N2CCCCC2)C1. The summed E-state index contributed by atoms with van der Waals surface area (Å²) in [5.41, 5.74) is 0.287. The summed E-state index contributed by atoms with van der Waals surface area (Å²) in [4.78, 5) is 0. The highest BCUT2D eigenvalue weighted by atomic mass is 32.2. The highest BCUT2D eigenvalue weighted by Gasteiger charge is 2.34. The van der Waals surface area contributed by atoms with Crippen molar-refractivity contribution in [3.05, 3.63) is 0 Å². The smallest absolute Gasteiger partial charge is 0.199 e. The maximum Gasteiger partial charge on any atom is 0.279 e. The topological polar surface area (TPSA) is 49.4 Å². The Bertz CT molecular complexity index is 359. The van der Waals surface area contributed by atoms with Gasteiger partial charge in [-0.25, -0.2) is 0 Å². The van der Waals surface area contributed by atoms with Crippen molar-refractivity contribution in [3.8, 4) is 0 Å². The third-order valence-corrected chi connectivity index (χ3v) is 5.62. The molecule has 4 nitrogen and oxygen atoms in total. The van der Waals surface area contributed by atoms with Gasteiger partial charge in [0.2, 0.25) is 0 Å². The van der Waals surface area contributed by atoms with Crippen molar-refractivity contribution in [2.75, 3.05) is 13.1 Å². The van der Waals surface area contributed by atoms with E-state index in [-0.39, 0.29) is 11.5 Å². The Labute approximate surface area is 105 Å². The van der Waals surface area contributed by atoms with Crippen LogP contribution < -0.4 is 4.72 Å². The zero-order chi connectivity index (χ0) is 12.5. The average molecular weight is 260 g/mol. The van der Waals surface area contributed by atoms with E-state index >= 15 is 0 Å². The first-order valence-electron chi connectivity index (χ1n) is 6.66. The Morgan fingerprint density at radius 3 is 2.35 bits per heavy atom. The van der Waals surface area contributed by atoms with E-state index in [2.05, 4.69) is 18.6 Å². The number of nitrogens with zero attached hydrogens (tertiary/aromatic N) is 1. The van der Waals surface area contributed by atoms with E-state index in [1.807, 2.05) is 0 Å². The third kappa shape index (κ3) is 3.42. The third-order valence-electron chi connectivity index (χ3n) is 3.94. The first kappa shape index (κ1) is 13.3. The summed E-state index contributed by atoms with van der Waals surface area (Å²) in [6, 6.07) is 0.136. The van der Waals surface area contributed by atoms with E-state index in [9.17, 15) is 8.42 Å². The van der Waals surface area contributed by atoms with Crippen LogP contribution in [0, 0.1) is 5.41 Å². The van der Waals surface area contributed by atoms with Gasteiger partial charge < -0.3 is 0 Å². The summed E-state index contributed by atoms with van der Waals surface area (Å²) in [6.07, 6.45) is 6.19. The fourth-order valence-electron chi connectivity index (χ4n) is 2.93. The van der Waals surface area contributed by atoms with Crippen molar-refractivity contribution in [1.82, 2.24) is 9.03 Å². The monoisotopic (exact) mass is 260 g/mol. The van der Waals surface area contributed by atoms with Crippen LogP contribution in [0.3, 0.4) is 0 Å². The minimum absolute atomic E-state index is 0.136. The van der Waals surface area contributed by atoms with Gasteiger partial charge in [-0.1, -0.05) is 20.3 Å². The molecule has 5 heteroatoms. The lowest BCUT2D eigenvalue weighted by atomic mass is 9.92. The Balaban J connectivity index is 1.93. The Kier molecular flexibility index (Phi) is 3.80. The van der Waals surface area contributed by atoms with Crippen LogP contribution in [0.15, 0.2) is 0 Å². The molecule has 2 rings (SSSR count). The minimum atomic E-state index is -3.23. The van der Waals surface area contributed by atoms with Crippen LogP contribution in [0.25, 0.3) is 0 Å². The van der Waals surface area contributed by atoms with Gasteiger partial charge >= 0.3 is 0 Å². The largest absolute Gasteiger partial charge is 0.279 e. The fraction of sp³-hybridized carbons (Fsp3) is 1.00. The van der Waals surface area contributed by atoms with Gasteiger partial charge in [0.1, 0.15) is 0 Å². The number of rotatable bonds is 3. The lowest BCUT2D eigenvalue weighted by molar-refractivity contribution is 0.334. The van der Waals surface area contributed by atoms with Gasteiger partial charge in [-0.15, -0.1) is 0 Å². The first-order valence-corrected chi connectivity index (χ1v) is 8.10. The molecule has 17 heavy (non-hydrogen) atoms. The molecule has 0 bridgehead atoms. The predicted octanol–water partition coefficient (Wildman–Crippen LogP) is 1.89. The molecular formula is C12H24N2O2S. The molecule has 0 aromatic heterocycles. The van der Waals surface area contributed by atoms with E-state index in [1.165, 1.54) is 0 Å². The molecule has 1 heterocycles. The zero-order valence-corrected chi connectivity index (χ0v) is 11.7. The molecule has 1 unspecified atom stereocenters. The number of hydrogen-bond donors (Lipinski definition) is 1. The van der Waals surface area contributed by atoms with Crippen LogP contribution >= 0.6 is 0 Å². The summed E-state index contributed by atoms with van der Waals surface area (Å²) < 4.78 is 28.8. The average Bonchev–Trinajstić information content (AvgIpc) is 2.58. The van der Waals surface area contributed by atoms with Crippen molar-refractivity contribution < 1.29 is 8.42 Å². The molecule has 2 aliphatic rings. The molecule has 0 aromatic carbocycles. The van der Waals surface area contributed by atoms with Crippen LogP contribution in [0.4, 0.5) is 0 Å². The zero-order valence-electron chi connectivity index (χ0n) is 10.9. The van der Waals surface area contributed by atoms with Gasteiger partial charge in [-0.05, 0) is 37.5 Å². The lowest BCUT2D eigenvalue weighted by Gasteiger charge is -2.27. The van der Waals surface area contributed by atoms with Crippen molar-refractivity contribution in [1.29, 1.82) is 0 Å². The van der Waals surface area contributed by atoms with E-state index in [4.69, 9.17) is 0 Å². The van der Waals surface area contributed by atoms with Gasteiger partial charge in [0, 0.05) is 19.1 Å². The minimum Gasteiger partial charge on any atom is -0.199 e. The van der Waals surface area contributed by atoms with Crippen molar-refractivity contribution in [3.63, 3.8) is 0 Å². The van der Waals surface area contributed by atoms with E-state index in [1.54, 1.807) is 4.31 Å². The maximum atomic E-state index is 12.2. The maximum absolute atomic E-state index is 12.2. The second kappa shape index (κ2) is 4.86. The molecule has 1 atom stereocenters. The van der Waals surface area contributed by atoms with Crippen LogP contribution in [0.2, 0.25) is 0 Å². The van der Waals surface area contributed by atoms with Gasteiger partial charge in [-0.2, -0.15) is 17.4 Å². The molecule has 1 N–H and O–H groups in total. The molecule has 2 fully saturated rings. The van der Waals surface area contributed by atoms with Gasteiger partial charge in [0.25, 0.3) is 10.2 Å². The molecular weight excluding hydrogens is 236 g/mol. The van der Waals surface area contributed by atoms with Crippen LogP contribution in [-0.4, -0.2) is 31.9 Å². The summed E-state index contributed by atoms with van der Waals surface area (Å²) in [5.74, 6) is 0. The quantitative estimate of drug-likeness (QED) is 0.842. The van der Waals surface area contributed by atoms with Crippen molar-refractivity contribution in [2.45, 2.75) is 58.4 Å². The van der Waals surface area contributed by atoms with Crippen LogP contribution in [0.1, 0.15) is 52.4 Å². The molecule has 1 aliphatic carbocycles. The summed E-state index contributed by atoms with van der Waals surface area (Å²) in [5, 5.41) is 0. The molecule has 0 spiro atoms. The normalized spacial score (nSPS) is 30.6. The summed E-state index contributed by atoms with van der Waals surface area (Å²) in [7, 11) is -3.23. The Hall–Kier alpha value is -0.130. The molecule has 1 saturated heterocycles.